The Labute approximate surface area is 181 Å². The monoisotopic (exact) mass is 432 g/mol. The lowest BCUT2D eigenvalue weighted by Crippen LogP contribution is -2.46. The molecule has 0 saturated carbocycles. The van der Waals surface area contributed by atoms with Crippen molar-refractivity contribution in [2.75, 3.05) is 19.7 Å². The number of aliphatic hydroxyl groups is 2. The Hall–Kier alpha value is -2.58. The predicted octanol–water partition coefficient (Wildman–Crippen LogP) is 3.45. The van der Waals surface area contributed by atoms with Crippen LogP contribution in [0.3, 0.4) is 0 Å². The van der Waals surface area contributed by atoms with E-state index in [0.29, 0.717) is 11.6 Å². The lowest BCUT2D eigenvalue weighted by atomic mass is 9.87. The van der Waals surface area contributed by atoms with Gasteiger partial charge in [0.1, 0.15) is 17.6 Å². The maximum Gasteiger partial charge on any atom is 0.196 e. The Morgan fingerprint density at radius 2 is 1.87 bits per heavy atom. The quantitative estimate of drug-likeness (QED) is 0.508. The molecule has 0 bridgehead atoms. The molecule has 3 rings (SSSR count). The van der Waals surface area contributed by atoms with Gasteiger partial charge >= 0.3 is 0 Å². The number of nitrogens with two attached hydrogens (primary N) is 1. The second-order valence-electron chi connectivity index (χ2n) is 9.02. The van der Waals surface area contributed by atoms with Crippen molar-refractivity contribution in [2.45, 2.75) is 50.8 Å². The molecule has 8 heteroatoms. The summed E-state index contributed by atoms with van der Waals surface area (Å²) in [6.45, 7) is 6.39. The van der Waals surface area contributed by atoms with Crippen LogP contribution in [-0.2, 0) is 11.1 Å². The van der Waals surface area contributed by atoms with Crippen LogP contribution in [0.2, 0.25) is 0 Å². The number of nitrogens with zero attached hydrogens (tertiary/aromatic N) is 3. The number of likely N-dealkylation sites (tertiary alicyclic amines) is 1. The summed E-state index contributed by atoms with van der Waals surface area (Å²) in [5, 5.41) is 18.6. The molecule has 4 N–H and O–H groups in total. The number of guanidine groups is 1. The van der Waals surface area contributed by atoms with Crippen LogP contribution in [0.1, 0.15) is 56.5 Å². The standard InChI is InChI=1S/C23H30F2N4O2/c1-22(2,3)16-4-6-17(7-5-16)28-21(26)29-10-8-23(25,9-11-29)20-18(24)12-15(13-27-20)19(31)14-30/h4-7,12-13,19,30-31H,8-11,14H2,1-3H3,(H2,26,28)/t19-/m1/s1. The summed E-state index contributed by atoms with van der Waals surface area (Å²) in [7, 11) is 0. The Morgan fingerprint density at radius 1 is 1.26 bits per heavy atom. The normalized spacial score (nSPS) is 18.2. The fourth-order valence-electron chi connectivity index (χ4n) is 3.64. The molecule has 0 unspecified atom stereocenters. The molecule has 0 radical (unpaired) electrons. The van der Waals surface area contributed by atoms with Gasteiger partial charge in [-0.25, -0.2) is 13.8 Å². The Bertz CT molecular complexity index is 934. The highest BCUT2D eigenvalue weighted by atomic mass is 19.1. The molecule has 1 fully saturated rings. The summed E-state index contributed by atoms with van der Waals surface area (Å²) < 4.78 is 30.0. The molecule has 1 atom stereocenters. The number of piperidine rings is 1. The lowest BCUT2D eigenvalue weighted by Gasteiger charge is -2.36. The summed E-state index contributed by atoms with van der Waals surface area (Å²) >= 11 is 0. The maximum atomic E-state index is 15.5. The van der Waals surface area contributed by atoms with Crippen molar-refractivity contribution in [1.82, 2.24) is 9.88 Å². The zero-order valence-corrected chi connectivity index (χ0v) is 18.1. The van der Waals surface area contributed by atoms with E-state index in [-0.39, 0.29) is 42.6 Å². The zero-order valence-electron chi connectivity index (χ0n) is 18.1. The molecule has 0 amide bonds. The molecule has 2 heterocycles. The number of halogens is 2. The van der Waals surface area contributed by atoms with Gasteiger partial charge in [-0.05, 0) is 29.2 Å². The van der Waals surface area contributed by atoms with Crippen molar-refractivity contribution in [2.24, 2.45) is 10.7 Å². The smallest absolute Gasteiger partial charge is 0.196 e. The van der Waals surface area contributed by atoms with Gasteiger partial charge in [-0.3, -0.25) is 4.98 Å². The molecule has 1 aliphatic rings. The van der Waals surface area contributed by atoms with Crippen molar-refractivity contribution >= 4 is 11.6 Å². The van der Waals surface area contributed by atoms with E-state index < -0.39 is 24.2 Å². The van der Waals surface area contributed by atoms with Gasteiger partial charge < -0.3 is 20.8 Å². The van der Waals surface area contributed by atoms with Crippen LogP contribution < -0.4 is 5.73 Å². The van der Waals surface area contributed by atoms with E-state index in [0.717, 1.165) is 6.07 Å². The number of alkyl halides is 1. The van der Waals surface area contributed by atoms with Crippen molar-refractivity contribution in [3.63, 3.8) is 0 Å². The number of aliphatic hydroxyl groups excluding tert-OH is 2. The zero-order chi connectivity index (χ0) is 22.8. The Kier molecular flexibility index (Phi) is 6.62. The molecule has 0 aliphatic carbocycles. The van der Waals surface area contributed by atoms with Crippen molar-refractivity contribution in [3.05, 3.63) is 59.2 Å². The van der Waals surface area contributed by atoms with Crippen LogP contribution in [0.15, 0.2) is 41.5 Å². The van der Waals surface area contributed by atoms with E-state index in [9.17, 15) is 9.50 Å². The van der Waals surface area contributed by atoms with Gasteiger partial charge in [-0.2, -0.15) is 0 Å². The summed E-state index contributed by atoms with van der Waals surface area (Å²) in [5.74, 6) is -0.540. The largest absolute Gasteiger partial charge is 0.393 e. The highest BCUT2D eigenvalue weighted by Gasteiger charge is 2.40. The van der Waals surface area contributed by atoms with Crippen molar-refractivity contribution in [3.8, 4) is 0 Å². The first kappa shape index (κ1) is 23.1. The van der Waals surface area contributed by atoms with E-state index in [1.165, 1.54) is 11.8 Å². The van der Waals surface area contributed by atoms with Crippen molar-refractivity contribution in [1.29, 1.82) is 0 Å². The molecule has 1 aromatic carbocycles. The van der Waals surface area contributed by atoms with Gasteiger partial charge in [0, 0.05) is 37.7 Å². The number of benzene rings is 1. The van der Waals surface area contributed by atoms with Crippen LogP contribution in [0.5, 0.6) is 0 Å². The van der Waals surface area contributed by atoms with Gasteiger partial charge in [-0.15, -0.1) is 0 Å². The number of hydrogen-bond acceptors (Lipinski definition) is 4. The van der Waals surface area contributed by atoms with Gasteiger partial charge in [0.25, 0.3) is 0 Å². The first-order valence-electron chi connectivity index (χ1n) is 10.4. The number of rotatable bonds is 4. The van der Waals surface area contributed by atoms with Crippen molar-refractivity contribution < 1.29 is 19.0 Å². The fourth-order valence-corrected chi connectivity index (χ4v) is 3.64. The van der Waals surface area contributed by atoms with Crippen LogP contribution in [0.25, 0.3) is 0 Å². The van der Waals surface area contributed by atoms with Crippen LogP contribution in [0, 0.1) is 5.82 Å². The summed E-state index contributed by atoms with van der Waals surface area (Å²) in [6.07, 6.45) is -0.0259. The molecule has 1 aliphatic heterocycles. The molecule has 0 spiro atoms. The van der Waals surface area contributed by atoms with Crippen LogP contribution in [-0.4, -0.2) is 45.8 Å². The topological polar surface area (TPSA) is 95.0 Å². The summed E-state index contributed by atoms with van der Waals surface area (Å²) in [6, 6.07) is 8.85. The van der Waals surface area contributed by atoms with E-state index in [2.05, 4.69) is 30.7 Å². The third-order valence-corrected chi connectivity index (χ3v) is 5.70. The highest BCUT2D eigenvalue weighted by Crippen LogP contribution is 2.37. The van der Waals surface area contributed by atoms with Gasteiger partial charge in [0.15, 0.2) is 11.6 Å². The third-order valence-electron chi connectivity index (χ3n) is 5.70. The second-order valence-corrected chi connectivity index (χ2v) is 9.02. The average Bonchev–Trinajstić information content (AvgIpc) is 2.73. The molecule has 6 nitrogen and oxygen atoms in total. The number of pyridine rings is 1. The van der Waals surface area contributed by atoms with E-state index >= 15 is 4.39 Å². The molecule has 1 aromatic heterocycles. The predicted molar refractivity (Wildman–Crippen MR) is 116 cm³/mol. The molecule has 31 heavy (non-hydrogen) atoms. The first-order valence-corrected chi connectivity index (χ1v) is 10.4. The van der Waals surface area contributed by atoms with E-state index in [4.69, 9.17) is 10.8 Å². The van der Waals surface area contributed by atoms with E-state index in [1.54, 1.807) is 4.90 Å². The molecular formula is C23H30F2N4O2. The molecule has 1 saturated heterocycles. The summed E-state index contributed by atoms with van der Waals surface area (Å²) in [5.41, 5.74) is 5.99. The minimum Gasteiger partial charge on any atom is -0.393 e. The molecule has 168 valence electrons. The van der Waals surface area contributed by atoms with Gasteiger partial charge in [0.05, 0.1) is 12.3 Å². The molecular weight excluding hydrogens is 402 g/mol. The third kappa shape index (κ3) is 5.19. The minimum atomic E-state index is -1.93. The summed E-state index contributed by atoms with van der Waals surface area (Å²) in [4.78, 5) is 10.1. The van der Waals surface area contributed by atoms with E-state index in [1.807, 2.05) is 24.3 Å². The number of hydrogen-bond donors (Lipinski definition) is 3. The SMILES string of the molecule is CC(C)(C)c1ccc(N=C(N)N2CCC(F)(c3ncc([C@H](O)CO)cc3F)CC2)cc1. The fraction of sp³-hybridized carbons (Fsp3) is 0.478. The number of aliphatic imine (C=N–C) groups is 1. The highest BCUT2D eigenvalue weighted by molar-refractivity contribution is 5.81. The lowest BCUT2D eigenvalue weighted by molar-refractivity contribution is 0.0726. The Balaban J connectivity index is 1.69. The maximum absolute atomic E-state index is 15.5. The first-order chi connectivity index (χ1) is 14.5. The van der Waals surface area contributed by atoms with Crippen LogP contribution in [0.4, 0.5) is 14.5 Å². The second kappa shape index (κ2) is 8.88. The van der Waals surface area contributed by atoms with Gasteiger partial charge in [0.2, 0.25) is 0 Å². The number of aromatic nitrogens is 1. The Morgan fingerprint density at radius 3 is 2.39 bits per heavy atom. The average molecular weight is 433 g/mol. The molecule has 2 aromatic rings. The van der Waals surface area contributed by atoms with Gasteiger partial charge in [-0.1, -0.05) is 32.9 Å². The van der Waals surface area contributed by atoms with Crippen LogP contribution >= 0.6 is 0 Å². The minimum absolute atomic E-state index is 0.0119.